The molecule has 0 aliphatic heterocycles. The fourth-order valence-electron chi connectivity index (χ4n) is 2.41. The molecular weight excluding hydrogens is 342 g/mol. The molecule has 1 saturated carbocycles. The van der Waals surface area contributed by atoms with Gasteiger partial charge in [0.05, 0.1) is 12.4 Å². The second kappa shape index (κ2) is 7.64. The van der Waals surface area contributed by atoms with E-state index in [1.807, 2.05) is 24.8 Å². The highest BCUT2D eigenvalue weighted by molar-refractivity contribution is 7.87. The molecule has 0 bridgehead atoms. The van der Waals surface area contributed by atoms with Crippen LogP contribution in [0.25, 0.3) is 0 Å². The summed E-state index contributed by atoms with van der Waals surface area (Å²) in [6, 6.07) is 5.42. The molecule has 0 N–H and O–H groups in total. The van der Waals surface area contributed by atoms with Crippen molar-refractivity contribution >= 4 is 16.0 Å². The van der Waals surface area contributed by atoms with Crippen molar-refractivity contribution in [3.05, 3.63) is 23.8 Å². The Morgan fingerprint density at radius 3 is 2.32 bits per heavy atom. The summed E-state index contributed by atoms with van der Waals surface area (Å²) in [5.74, 6) is 0.536. The van der Waals surface area contributed by atoms with E-state index in [4.69, 9.17) is 8.92 Å². The first-order valence-electron chi connectivity index (χ1n) is 8.56. The molecule has 0 radical (unpaired) electrons. The number of nitrogens with zero attached hydrogens (tertiary/aromatic N) is 1. The molecule has 0 spiro atoms. The number of rotatable bonds is 8. The molecule has 1 amide bonds. The van der Waals surface area contributed by atoms with Crippen molar-refractivity contribution in [3.63, 3.8) is 0 Å². The minimum Gasteiger partial charge on any atom is -0.493 e. The smallest absolute Gasteiger partial charge is 0.311 e. The molecular formula is C18H27NO5S. The summed E-state index contributed by atoms with van der Waals surface area (Å²) in [4.78, 5) is 14.3. The van der Waals surface area contributed by atoms with Crippen molar-refractivity contribution in [2.24, 2.45) is 5.92 Å². The third-order valence-electron chi connectivity index (χ3n) is 4.13. The number of benzene rings is 1. The minimum absolute atomic E-state index is 0.0733. The first-order chi connectivity index (χ1) is 11.7. The average Bonchev–Trinajstić information content (AvgIpc) is 3.36. The van der Waals surface area contributed by atoms with Gasteiger partial charge in [-0.2, -0.15) is 8.42 Å². The second-order valence-electron chi connectivity index (χ2n) is 6.96. The largest absolute Gasteiger partial charge is 0.493 e. The predicted molar refractivity (Wildman–Crippen MR) is 96.1 cm³/mol. The van der Waals surface area contributed by atoms with E-state index < -0.39 is 15.4 Å². The van der Waals surface area contributed by atoms with E-state index >= 15 is 0 Å². The summed E-state index contributed by atoms with van der Waals surface area (Å²) in [6.45, 7) is 7.32. The van der Waals surface area contributed by atoms with Crippen molar-refractivity contribution < 1.29 is 22.1 Å². The lowest BCUT2D eigenvalue weighted by atomic mass is 10.1. The zero-order chi connectivity index (χ0) is 18.8. The lowest BCUT2D eigenvalue weighted by Crippen LogP contribution is -2.35. The number of amides is 1. The molecule has 6 nitrogen and oxygen atoms in total. The van der Waals surface area contributed by atoms with Crippen LogP contribution in [0.15, 0.2) is 18.2 Å². The molecule has 2 rings (SSSR count). The lowest BCUT2D eigenvalue weighted by Gasteiger charge is -2.25. The van der Waals surface area contributed by atoms with Gasteiger partial charge in [-0.3, -0.25) is 4.79 Å². The van der Waals surface area contributed by atoms with Gasteiger partial charge in [-0.25, -0.2) is 0 Å². The summed E-state index contributed by atoms with van der Waals surface area (Å²) in [6.07, 6.45) is 2.03. The fraction of sp³-hybridized carbons (Fsp3) is 0.611. The van der Waals surface area contributed by atoms with Crippen LogP contribution in [0, 0.1) is 5.92 Å². The molecule has 0 atom stereocenters. The number of carbonyl (C=O) groups is 1. The maximum Gasteiger partial charge on any atom is 0.311 e. The van der Waals surface area contributed by atoms with E-state index in [9.17, 15) is 13.2 Å². The molecule has 0 heterocycles. The normalized spacial score (nSPS) is 14.7. The van der Waals surface area contributed by atoms with Crippen LogP contribution in [-0.4, -0.2) is 37.6 Å². The van der Waals surface area contributed by atoms with Gasteiger partial charge in [0.2, 0.25) is 5.91 Å². The molecule has 1 aromatic carbocycles. The Morgan fingerprint density at radius 2 is 1.84 bits per heavy atom. The number of carbonyl (C=O) groups excluding carboxylic acids is 1. The van der Waals surface area contributed by atoms with Gasteiger partial charge in [-0.1, -0.05) is 19.9 Å². The highest BCUT2D eigenvalue weighted by Gasteiger charge is 2.33. The fourth-order valence-corrected chi connectivity index (χ4v) is 2.98. The molecule has 0 saturated heterocycles. The van der Waals surface area contributed by atoms with E-state index in [1.165, 1.54) is 7.11 Å². The third-order valence-corrected chi connectivity index (χ3v) is 5.70. The number of hydrogen-bond acceptors (Lipinski definition) is 5. The molecule has 7 heteroatoms. The molecule has 25 heavy (non-hydrogen) atoms. The van der Waals surface area contributed by atoms with Crippen molar-refractivity contribution in [3.8, 4) is 11.5 Å². The van der Waals surface area contributed by atoms with E-state index in [2.05, 4.69) is 0 Å². The van der Waals surface area contributed by atoms with E-state index in [0.717, 1.165) is 18.4 Å². The first kappa shape index (κ1) is 19.6. The monoisotopic (exact) mass is 369 g/mol. The van der Waals surface area contributed by atoms with Gasteiger partial charge in [0.1, 0.15) is 0 Å². The Balaban J connectivity index is 2.27. The van der Waals surface area contributed by atoms with Gasteiger partial charge in [0, 0.05) is 18.5 Å². The summed E-state index contributed by atoms with van der Waals surface area (Å²) in [5.41, 5.74) is 0.815. The summed E-state index contributed by atoms with van der Waals surface area (Å²) >= 11 is 0. The van der Waals surface area contributed by atoms with Crippen LogP contribution in [0.5, 0.6) is 11.5 Å². The van der Waals surface area contributed by atoms with Gasteiger partial charge >= 0.3 is 10.1 Å². The van der Waals surface area contributed by atoms with Gasteiger partial charge < -0.3 is 13.8 Å². The molecule has 1 aromatic rings. The number of hydrogen-bond donors (Lipinski definition) is 0. The van der Waals surface area contributed by atoms with Gasteiger partial charge in [-0.05, 0) is 44.4 Å². The number of ether oxygens (including phenoxy) is 1. The standard InChI is InChI=1S/C18H27NO5S/c1-12(2)18(20)19(15-7-8-15)11-14-6-9-16(23-5)17(10-14)24-25(21,22)13(3)4/h6,9-10,12-13,15H,7-8,11H2,1-5H3. The molecule has 140 valence electrons. The highest BCUT2D eigenvalue weighted by Crippen LogP contribution is 2.33. The van der Waals surface area contributed by atoms with Crippen LogP contribution in [0.1, 0.15) is 46.1 Å². The van der Waals surface area contributed by atoms with Crippen LogP contribution >= 0.6 is 0 Å². The van der Waals surface area contributed by atoms with Gasteiger partial charge in [0.25, 0.3) is 0 Å². The Bertz CT molecular complexity index is 723. The molecule has 0 aromatic heterocycles. The molecule has 1 fully saturated rings. The van der Waals surface area contributed by atoms with E-state index in [0.29, 0.717) is 12.3 Å². The van der Waals surface area contributed by atoms with Crippen molar-refractivity contribution in [2.75, 3.05) is 7.11 Å². The van der Waals surface area contributed by atoms with Crippen LogP contribution in [-0.2, 0) is 21.5 Å². The zero-order valence-electron chi connectivity index (χ0n) is 15.5. The summed E-state index contributed by atoms with van der Waals surface area (Å²) in [5, 5.41) is -0.661. The Morgan fingerprint density at radius 1 is 1.20 bits per heavy atom. The highest BCUT2D eigenvalue weighted by atomic mass is 32.2. The quantitative estimate of drug-likeness (QED) is 0.659. The lowest BCUT2D eigenvalue weighted by molar-refractivity contribution is -0.135. The van der Waals surface area contributed by atoms with E-state index in [-0.39, 0.29) is 23.6 Å². The Labute approximate surface area is 150 Å². The van der Waals surface area contributed by atoms with Gasteiger partial charge in [-0.15, -0.1) is 0 Å². The van der Waals surface area contributed by atoms with Crippen LogP contribution < -0.4 is 8.92 Å². The van der Waals surface area contributed by atoms with Crippen LogP contribution in [0.2, 0.25) is 0 Å². The van der Waals surface area contributed by atoms with Gasteiger partial charge in [0.15, 0.2) is 11.5 Å². The SMILES string of the molecule is COc1ccc(CN(C(=O)C(C)C)C2CC2)cc1OS(=O)(=O)C(C)C. The maximum absolute atomic E-state index is 12.4. The Kier molecular flexibility index (Phi) is 5.98. The van der Waals surface area contributed by atoms with Crippen molar-refractivity contribution in [1.82, 2.24) is 4.90 Å². The third kappa shape index (κ3) is 4.87. The van der Waals surface area contributed by atoms with E-state index in [1.54, 1.807) is 26.0 Å². The molecule has 1 aliphatic rings. The Hall–Kier alpha value is -1.76. The van der Waals surface area contributed by atoms with Crippen LogP contribution in [0.4, 0.5) is 0 Å². The summed E-state index contributed by atoms with van der Waals surface area (Å²) < 4.78 is 34.6. The number of methoxy groups -OCH3 is 1. The molecule has 0 unspecified atom stereocenters. The van der Waals surface area contributed by atoms with Crippen molar-refractivity contribution in [2.45, 2.75) is 58.4 Å². The maximum atomic E-state index is 12.4. The minimum atomic E-state index is -3.72. The molecule has 1 aliphatic carbocycles. The first-order valence-corrected chi connectivity index (χ1v) is 10.0. The zero-order valence-corrected chi connectivity index (χ0v) is 16.3. The predicted octanol–water partition coefficient (Wildman–Crippen LogP) is 2.96. The topological polar surface area (TPSA) is 72.9 Å². The van der Waals surface area contributed by atoms with Crippen molar-refractivity contribution in [1.29, 1.82) is 0 Å². The van der Waals surface area contributed by atoms with Crippen LogP contribution in [0.3, 0.4) is 0 Å². The average molecular weight is 369 g/mol. The summed E-state index contributed by atoms with van der Waals surface area (Å²) in [7, 11) is -2.26. The second-order valence-corrected chi connectivity index (χ2v) is 9.06.